The highest BCUT2D eigenvalue weighted by molar-refractivity contribution is 5.94. The van der Waals surface area contributed by atoms with E-state index in [2.05, 4.69) is 5.32 Å². The van der Waals surface area contributed by atoms with Gasteiger partial charge in [-0.05, 0) is 43.2 Å². The monoisotopic (exact) mass is 384 g/mol. The van der Waals surface area contributed by atoms with Gasteiger partial charge in [0.1, 0.15) is 11.6 Å². The van der Waals surface area contributed by atoms with Crippen LogP contribution in [0, 0.1) is 5.82 Å². The fourth-order valence-corrected chi connectivity index (χ4v) is 3.38. The summed E-state index contributed by atoms with van der Waals surface area (Å²) < 4.78 is 19.3. The van der Waals surface area contributed by atoms with Gasteiger partial charge in [0.25, 0.3) is 0 Å². The number of Topliss-reactive ketones (excluding diaryl/α,β-unsaturated/α-hetero) is 1. The lowest BCUT2D eigenvalue weighted by Gasteiger charge is -2.36. The van der Waals surface area contributed by atoms with Crippen LogP contribution in [0.3, 0.4) is 0 Å². The van der Waals surface area contributed by atoms with Crippen molar-refractivity contribution >= 4 is 11.7 Å². The molecule has 1 saturated heterocycles. The van der Waals surface area contributed by atoms with E-state index in [4.69, 9.17) is 4.74 Å². The van der Waals surface area contributed by atoms with E-state index >= 15 is 0 Å². The number of halogens is 1. The number of hydrogen-bond donors (Lipinski definition) is 1. The highest BCUT2D eigenvalue weighted by atomic mass is 19.1. The Morgan fingerprint density at radius 2 is 2.04 bits per heavy atom. The van der Waals surface area contributed by atoms with E-state index in [0.29, 0.717) is 43.9 Å². The average molecular weight is 384 g/mol. The molecule has 1 fully saturated rings. The van der Waals surface area contributed by atoms with E-state index in [1.807, 2.05) is 11.0 Å². The zero-order valence-electron chi connectivity index (χ0n) is 16.0. The third-order valence-electron chi connectivity index (χ3n) is 4.84. The quantitative estimate of drug-likeness (QED) is 0.587. The molecular weight excluding hydrogens is 359 g/mol. The lowest BCUT2D eigenvalue weighted by molar-refractivity contribution is -0.134. The first-order chi connectivity index (χ1) is 13.5. The molecule has 1 N–H and O–H groups in total. The molecule has 1 heterocycles. The van der Waals surface area contributed by atoms with Crippen molar-refractivity contribution in [1.29, 1.82) is 0 Å². The predicted octanol–water partition coefficient (Wildman–Crippen LogP) is 3.36. The highest BCUT2D eigenvalue weighted by Crippen LogP contribution is 2.24. The van der Waals surface area contributed by atoms with Crippen LogP contribution in [0.25, 0.3) is 0 Å². The minimum absolute atomic E-state index is 0.0114. The van der Waals surface area contributed by atoms with E-state index in [9.17, 15) is 14.0 Å². The van der Waals surface area contributed by atoms with Crippen molar-refractivity contribution in [2.24, 2.45) is 0 Å². The fraction of sp³-hybridized carbons (Fsp3) is 0.364. The van der Waals surface area contributed by atoms with Crippen molar-refractivity contribution in [3.8, 4) is 5.75 Å². The van der Waals surface area contributed by atoms with E-state index in [1.165, 1.54) is 19.1 Å². The van der Waals surface area contributed by atoms with Gasteiger partial charge in [-0.3, -0.25) is 9.59 Å². The number of carbonyl (C=O) groups excluding carboxylic acids is 2. The second-order valence-electron chi connectivity index (χ2n) is 6.90. The molecule has 2 aromatic carbocycles. The van der Waals surface area contributed by atoms with Crippen molar-refractivity contribution in [1.82, 2.24) is 10.2 Å². The maximum Gasteiger partial charge on any atom is 0.223 e. The lowest BCUT2D eigenvalue weighted by Crippen LogP contribution is -2.48. The first kappa shape index (κ1) is 20.0. The Balaban J connectivity index is 1.53. The van der Waals surface area contributed by atoms with Crippen molar-refractivity contribution in [3.63, 3.8) is 0 Å². The molecule has 0 saturated carbocycles. The molecule has 0 aliphatic carbocycles. The molecule has 0 aromatic heterocycles. The SMILES string of the molecule is CC(=O)c1cccc(OCCCC(=O)N2CCNCC2c2cccc(F)c2)c1. The molecule has 148 valence electrons. The molecule has 3 rings (SSSR count). The van der Waals surface area contributed by atoms with E-state index in [1.54, 1.807) is 30.3 Å². The molecule has 1 atom stereocenters. The number of nitrogens with one attached hydrogen (secondary N) is 1. The van der Waals surface area contributed by atoms with Gasteiger partial charge in [-0.15, -0.1) is 0 Å². The number of amides is 1. The largest absolute Gasteiger partial charge is 0.494 e. The van der Waals surface area contributed by atoms with Gasteiger partial charge in [-0.1, -0.05) is 24.3 Å². The van der Waals surface area contributed by atoms with Gasteiger partial charge in [-0.25, -0.2) is 4.39 Å². The number of rotatable bonds is 7. The summed E-state index contributed by atoms with van der Waals surface area (Å²) in [4.78, 5) is 26.0. The van der Waals surface area contributed by atoms with Crippen LogP contribution in [0.1, 0.15) is 41.7 Å². The Morgan fingerprint density at radius 1 is 1.21 bits per heavy atom. The summed E-state index contributed by atoms with van der Waals surface area (Å²) in [7, 11) is 0. The summed E-state index contributed by atoms with van der Waals surface area (Å²) in [6.45, 7) is 3.85. The van der Waals surface area contributed by atoms with Crippen molar-refractivity contribution in [2.45, 2.75) is 25.8 Å². The smallest absolute Gasteiger partial charge is 0.223 e. The van der Waals surface area contributed by atoms with Crippen molar-refractivity contribution in [3.05, 3.63) is 65.5 Å². The molecule has 1 unspecified atom stereocenters. The summed E-state index contributed by atoms with van der Waals surface area (Å²) in [5.41, 5.74) is 1.41. The molecule has 1 aliphatic heterocycles. The van der Waals surface area contributed by atoms with Gasteiger partial charge in [-0.2, -0.15) is 0 Å². The van der Waals surface area contributed by atoms with Gasteiger partial charge in [0.2, 0.25) is 5.91 Å². The molecule has 28 heavy (non-hydrogen) atoms. The van der Waals surface area contributed by atoms with Crippen molar-refractivity contribution < 1.29 is 18.7 Å². The normalized spacial score (nSPS) is 16.6. The number of carbonyl (C=O) groups is 2. The number of nitrogens with zero attached hydrogens (tertiary/aromatic N) is 1. The first-order valence-corrected chi connectivity index (χ1v) is 9.54. The van der Waals surface area contributed by atoms with Crippen LogP contribution in [0.4, 0.5) is 4.39 Å². The van der Waals surface area contributed by atoms with Gasteiger partial charge in [0, 0.05) is 31.6 Å². The maximum absolute atomic E-state index is 13.6. The van der Waals surface area contributed by atoms with Gasteiger partial charge in [0.15, 0.2) is 5.78 Å². The number of benzene rings is 2. The number of piperazine rings is 1. The Bertz CT molecular complexity index is 840. The summed E-state index contributed by atoms with van der Waals surface area (Å²) in [5, 5.41) is 3.27. The minimum atomic E-state index is -0.295. The Kier molecular flexibility index (Phi) is 6.76. The van der Waals surface area contributed by atoms with Crippen LogP contribution in [0.15, 0.2) is 48.5 Å². The average Bonchev–Trinajstić information content (AvgIpc) is 2.71. The van der Waals surface area contributed by atoms with E-state index in [0.717, 1.165) is 12.1 Å². The second kappa shape index (κ2) is 9.46. The third kappa shape index (κ3) is 5.16. The van der Waals surface area contributed by atoms with Crippen LogP contribution in [0.5, 0.6) is 5.75 Å². The molecule has 1 aliphatic rings. The molecular formula is C22H25FN2O3. The second-order valence-corrected chi connectivity index (χ2v) is 6.90. The summed E-state index contributed by atoms with van der Waals surface area (Å²) in [5.74, 6) is 0.358. The molecule has 0 radical (unpaired) electrons. The predicted molar refractivity (Wildman–Crippen MR) is 105 cm³/mol. The lowest BCUT2D eigenvalue weighted by atomic mass is 10.0. The van der Waals surface area contributed by atoms with Crippen LogP contribution in [0.2, 0.25) is 0 Å². The van der Waals surface area contributed by atoms with E-state index in [-0.39, 0.29) is 23.5 Å². The Labute approximate surface area is 164 Å². The summed E-state index contributed by atoms with van der Waals surface area (Å²) >= 11 is 0. The van der Waals surface area contributed by atoms with Gasteiger partial charge >= 0.3 is 0 Å². The van der Waals surface area contributed by atoms with Crippen molar-refractivity contribution in [2.75, 3.05) is 26.2 Å². The van der Waals surface area contributed by atoms with Gasteiger partial charge < -0.3 is 15.0 Å². The third-order valence-corrected chi connectivity index (χ3v) is 4.84. The molecule has 0 bridgehead atoms. The fourth-order valence-electron chi connectivity index (χ4n) is 3.38. The van der Waals surface area contributed by atoms with Crippen LogP contribution in [-0.4, -0.2) is 42.8 Å². The standard InChI is InChI=1S/C22H25FN2O3/c1-16(26)17-5-3-8-20(14-17)28-12-4-9-22(27)25-11-10-24-15-21(25)18-6-2-7-19(23)13-18/h2-3,5-8,13-14,21,24H,4,9-12,15H2,1H3. The molecule has 0 spiro atoms. The summed E-state index contributed by atoms with van der Waals surface area (Å²) in [6.07, 6.45) is 0.932. The number of hydrogen-bond acceptors (Lipinski definition) is 4. The zero-order chi connectivity index (χ0) is 19.9. The van der Waals surface area contributed by atoms with Crippen LogP contribution < -0.4 is 10.1 Å². The Morgan fingerprint density at radius 3 is 2.82 bits per heavy atom. The molecule has 1 amide bonds. The summed E-state index contributed by atoms with van der Waals surface area (Å²) in [6, 6.07) is 13.3. The first-order valence-electron chi connectivity index (χ1n) is 9.54. The minimum Gasteiger partial charge on any atom is -0.494 e. The number of ether oxygens (including phenoxy) is 1. The van der Waals surface area contributed by atoms with Gasteiger partial charge in [0.05, 0.1) is 12.6 Å². The zero-order valence-corrected chi connectivity index (χ0v) is 16.0. The van der Waals surface area contributed by atoms with E-state index < -0.39 is 0 Å². The highest BCUT2D eigenvalue weighted by Gasteiger charge is 2.27. The molecule has 6 heteroatoms. The van der Waals surface area contributed by atoms with Crippen LogP contribution in [-0.2, 0) is 4.79 Å². The topological polar surface area (TPSA) is 58.6 Å². The molecule has 5 nitrogen and oxygen atoms in total. The number of ketones is 1. The Hall–Kier alpha value is -2.73. The van der Waals surface area contributed by atoms with Crippen LogP contribution >= 0.6 is 0 Å². The maximum atomic E-state index is 13.6. The molecule has 2 aromatic rings.